The van der Waals surface area contributed by atoms with E-state index in [4.69, 9.17) is 10.5 Å². The SMILES string of the molecule is CCOCn1cccc1CN. The third kappa shape index (κ3) is 2.06. The standard InChI is InChI=1S/C8H14N2O/c1-2-11-7-10-5-3-4-8(10)6-9/h3-5H,2,6-7,9H2,1H3. The molecule has 0 spiro atoms. The van der Waals surface area contributed by atoms with Gasteiger partial charge in [0.15, 0.2) is 0 Å². The lowest BCUT2D eigenvalue weighted by atomic mass is 10.4. The molecule has 0 aliphatic heterocycles. The summed E-state index contributed by atoms with van der Waals surface area (Å²) in [5.41, 5.74) is 6.60. The first-order valence-corrected chi connectivity index (χ1v) is 3.80. The van der Waals surface area contributed by atoms with Crippen molar-refractivity contribution in [2.24, 2.45) is 5.73 Å². The van der Waals surface area contributed by atoms with E-state index in [1.807, 2.05) is 29.8 Å². The Morgan fingerprint density at radius 1 is 1.64 bits per heavy atom. The molecule has 2 N–H and O–H groups in total. The minimum atomic E-state index is 0.570. The summed E-state index contributed by atoms with van der Waals surface area (Å²) in [5.74, 6) is 0. The molecule has 1 heterocycles. The summed E-state index contributed by atoms with van der Waals surface area (Å²) in [7, 11) is 0. The molecule has 0 aliphatic carbocycles. The van der Waals surface area contributed by atoms with Crippen molar-refractivity contribution in [3.05, 3.63) is 24.0 Å². The highest BCUT2D eigenvalue weighted by molar-refractivity contribution is 5.05. The summed E-state index contributed by atoms with van der Waals surface area (Å²) in [6.07, 6.45) is 1.97. The minimum Gasteiger partial charge on any atom is -0.361 e. The quantitative estimate of drug-likeness (QED) is 0.701. The maximum absolute atomic E-state index is 5.49. The first kappa shape index (κ1) is 8.30. The van der Waals surface area contributed by atoms with Crippen LogP contribution in [0.15, 0.2) is 18.3 Å². The van der Waals surface area contributed by atoms with Crippen molar-refractivity contribution >= 4 is 0 Å². The van der Waals surface area contributed by atoms with Crippen LogP contribution in [0.4, 0.5) is 0 Å². The van der Waals surface area contributed by atoms with Crippen LogP contribution < -0.4 is 5.73 Å². The Morgan fingerprint density at radius 2 is 2.45 bits per heavy atom. The highest BCUT2D eigenvalue weighted by atomic mass is 16.5. The van der Waals surface area contributed by atoms with E-state index < -0.39 is 0 Å². The zero-order chi connectivity index (χ0) is 8.10. The molecule has 0 bridgehead atoms. The van der Waals surface area contributed by atoms with E-state index in [0.29, 0.717) is 13.3 Å². The molecule has 0 atom stereocenters. The number of hydrogen-bond acceptors (Lipinski definition) is 2. The van der Waals surface area contributed by atoms with Gasteiger partial charge in [0.25, 0.3) is 0 Å². The second kappa shape index (κ2) is 4.16. The topological polar surface area (TPSA) is 40.2 Å². The zero-order valence-electron chi connectivity index (χ0n) is 6.79. The first-order chi connectivity index (χ1) is 5.38. The highest BCUT2D eigenvalue weighted by Crippen LogP contribution is 2.00. The van der Waals surface area contributed by atoms with Gasteiger partial charge >= 0.3 is 0 Å². The number of nitrogens with two attached hydrogens (primary N) is 1. The van der Waals surface area contributed by atoms with Crippen LogP contribution in [0.25, 0.3) is 0 Å². The summed E-state index contributed by atoms with van der Waals surface area (Å²) in [6.45, 7) is 3.89. The molecule has 0 aromatic carbocycles. The van der Waals surface area contributed by atoms with Gasteiger partial charge in [-0.3, -0.25) is 0 Å². The predicted molar refractivity (Wildman–Crippen MR) is 43.9 cm³/mol. The van der Waals surface area contributed by atoms with Crippen molar-refractivity contribution in [2.45, 2.75) is 20.2 Å². The number of nitrogens with zero attached hydrogens (tertiary/aromatic N) is 1. The van der Waals surface area contributed by atoms with Gasteiger partial charge in [-0.15, -0.1) is 0 Å². The van der Waals surface area contributed by atoms with E-state index >= 15 is 0 Å². The minimum absolute atomic E-state index is 0.570. The fraction of sp³-hybridized carbons (Fsp3) is 0.500. The van der Waals surface area contributed by atoms with Crippen LogP contribution in [0.5, 0.6) is 0 Å². The highest BCUT2D eigenvalue weighted by Gasteiger charge is 1.95. The van der Waals surface area contributed by atoms with E-state index in [-0.39, 0.29) is 0 Å². The molecule has 0 radical (unpaired) electrons. The molecule has 0 fully saturated rings. The van der Waals surface area contributed by atoms with Gasteiger partial charge in [-0.25, -0.2) is 0 Å². The first-order valence-electron chi connectivity index (χ1n) is 3.80. The average molecular weight is 154 g/mol. The Morgan fingerprint density at radius 3 is 3.09 bits per heavy atom. The fourth-order valence-electron chi connectivity index (χ4n) is 0.950. The number of aromatic nitrogens is 1. The lowest BCUT2D eigenvalue weighted by molar-refractivity contribution is 0.0863. The van der Waals surface area contributed by atoms with Gasteiger partial charge in [-0.2, -0.15) is 0 Å². The molecule has 62 valence electrons. The molecule has 11 heavy (non-hydrogen) atoms. The summed E-state index contributed by atoms with van der Waals surface area (Å²) in [6, 6.07) is 3.97. The van der Waals surface area contributed by atoms with Crippen molar-refractivity contribution in [1.29, 1.82) is 0 Å². The van der Waals surface area contributed by atoms with Crippen molar-refractivity contribution in [3.63, 3.8) is 0 Å². The van der Waals surface area contributed by atoms with Crippen molar-refractivity contribution in [2.75, 3.05) is 6.61 Å². The summed E-state index contributed by atoms with van der Waals surface area (Å²) in [4.78, 5) is 0. The van der Waals surface area contributed by atoms with Crippen LogP contribution in [-0.2, 0) is 18.0 Å². The van der Waals surface area contributed by atoms with Gasteiger partial charge in [-0.1, -0.05) is 0 Å². The Balaban J connectivity index is 2.54. The number of hydrogen-bond donors (Lipinski definition) is 1. The van der Waals surface area contributed by atoms with E-state index in [0.717, 1.165) is 12.3 Å². The van der Waals surface area contributed by atoms with Crippen LogP contribution >= 0.6 is 0 Å². The zero-order valence-corrected chi connectivity index (χ0v) is 6.79. The molecule has 3 nitrogen and oxygen atoms in total. The van der Waals surface area contributed by atoms with Crippen molar-refractivity contribution in [3.8, 4) is 0 Å². The van der Waals surface area contributed by atoms with E-state index in [2.05, 4.69) is 0 Å². The van der Waals surface area contributed by atoms with Crippen LogP contribution in [0.3, 0.4) is 0 Å². The molecule has 1 rings (SSSR count). The molecule has 0 saturated carbocycles. The molecule has 3 heteroatoms. The molecular formula is C8H14N2O. The molecule has 0 aliphatic rings. The lowest BCUT2D eigenvalue weighted by Gasteiger charge is -2.06. The van der Waals surface area contributed by atoms with E-state index in [1.54, 1.807) is 0 Å². The van der Waals surface area contributed by atoms with Gasteiger partial charge in [-0.05, 0) is 19.1 Å². The van der Waals surface area contributed by atoms with E-state index in [9.17, 15) is 0 Å². The molecular weight excluding hydrogens is 140 g/mol. The van der Waals surface area contributed by atoms with Gasteiger partial charge in [0, 0.05) is 25.0 Å². The summed E-state index contributed by atoms with van der Waals surface area (Å²) < 4.78 is 7.23. The molecule has 0 saturated heterocycles. The van der Waals surface area contributed by atoms with E-state index in [1.165, 1.54) is 0 Å². The molecule has 0 amide bonds. The lowest BCUT2D eigenvalue weighted by Crippen LogP contribution is -2.08. The van der Waals surface area contributed by atoms with Gasteiger partial charge in [0.2, 0.25) is 0 Å². The van der Waals surface area contributed by atoms with Gasteiger partial charge in [0.1, 0.15) is 6.73 Å². The van der Waals surface area contributed by atoms with Crippen LogP contribution in [0.2, 0.25) is 0 Å². The smallest absolute Gasteiger partial charge is 0.122 e. The van der Waals surface area contributed by atoms with Gasteiger partial charge < -0.3 is 15.0 Å². The maximum Gasteiger partial charge on any atom is 0.122 e. The van der Waals surface area contributed by atoms with Crippen molar-refractivity contribution in [1.82, 2.24) is 4.57 Å². The molecule has 1 aromatic rings. The second-order valence-corrected chi connectivity index (χ2v) is 2.30. The Labute approximate surface area is 66.8 Å². The third-order valence-corrected chi connectivity index (χ3v) is 1.57. The van der Waals surface area contributed by atoms with Crippen LogP contribution in [0.1, 0.15) is 12.6 Å². The fourth-order valence-corrected chi connectivity index (χ4v) is 0.950. The predicted octanol–water partition coefficient (Wildman–Crippen LogP) is 0.941. The van der Waals surface area contributed by atoms with Crippen LogP contribution in [-0.4, -0.2) is 11.2 Å². The third-order valence-electron chi connectivity index (χ3n) is 1.57. The second-order valence-electron chi connectivity index (χ2n) is 2.30. The molecule has 1 aromatic heterocycles. The normalized spacial score (nSPS) is 10.4. The molecule has 0 unspecified atom stereocenters. The number of ether oxygens (including phenoxy) is 1. The monoisotopic (exact) mass is 154 g/mol. The Kier molecular flexibility index (Phi) is 3.14. The summed E-state index contributed by atoms with van der Waals surface area (Å²) in [5, 5.41) is 0. The van der Waals surface area contributed by atoms with Gasteiger partial charge in [0.05, 0.1) is 0 Å². The largest absolute Gasteiger partial charge is 0.361 e. The Hall–Kier alpha value is -0.800. The maximum atomic E-state index is 5.49. The van der Waals surface area contributed by atoms with Crippen molar-refractivity contribution < 1.29 is 4.74 Å². The Bertz CT molecular complexity index is 208. The number of rotatable bonds is 4. The van der Waals surface area contributed by atoms with Crippen LogP contribution in [0, 0.1) is 0 Å². The summed E-state index contributed by atoms with van der Waals surface area (Å²) >= 11 is 0. The average Bonchev–Trinajstić information content (AvgIpc) is 2.47.